The van der Waals surface area contributed by atoms with Crippen molar-refractivity contribution in [3.8, 4) is 0 Å². The maximum atomic E-state index is 10.4. The van der Waals surface area contributed by atoms with Gasteiger partial charge >= 0.3 is 0 Å². The van der Waals surface area contributed by atoms with E-state index in [1.54, 1.807) is 36.4 Å². The van der Waals surface area contributed by atoms with Crippen LogP contribution >= 0.6 is 0 Å². The summed E-state index contributed by atoms with van der Waals surface area (Å²) in [6, 6.07) is 10.0. The molecule has 0 saturated heterocycles. The quantitative estimate of drug-likeness (QED) is 0.843. The van der Waals surface area contributed by atoms with Gasteiger partial charge in [-0.2, -0.15) is 0 Å². The molecular weight excluding hydrogens is 270 g/mol. The zero-order chi connectivity index (χ0) is 13.4. The molecule has 0 bridgehead atoms. The Balaban J connectivity index is 0. The molecule has 2 amide bonds. The maximum absolute atomic E-state index is 10.4. The van der Waals surface area contributed by atoms with Gasteiger partial charge in [0.1, 0.15) is 11.4 Å². The number of carbonyl (C=O) groups is 2. The fourth-order valence-electron chi connectivity index (χ4n) is 1.02. The smallest absolute Gasteiger partial charge is 0.267 e. The molecule has 2 rings (SSSR count). The lowest BCUT2D eigenvalue weighted by Gasteiger charge is -1.88. The third-order valence-electron chi connectivity index (χ3n) is 1.83. The van der Waals surface area contributed by atoms with Crippen LogP contribution in [0.4, 0.5) is 9.41 Å². The molecule has 0 radical (unpaired) electrons. The fraction of sp³-hybridized carbons (Fsp3) is 0. The van der Waals surface area contributed by atoms with Gasteiger partial charge in [-0.15, -0.1) is 0 Å². The van der Waals surface area contributed by atoms with Crippen molar-refractivity contribution in [1.82, 2.24) is 9.97 Å². The Morgan fingerprint density at radius 3 is 1.25 bits per heavy atom. The number of pyridine rings is 2. The molecule has 0 aliphatic carbocycles. The third kappa shape index (κ3) is 6.74. The highest BCUT2D eigenvalue weighted by molar-refractivity contribution is 5.90. The van der Waals surface area contributed by atoms with Crippen molar-refractivity contribution >= 4 is 11.8 Å². The Hall–Kier alpha value is -2.90. The van der Waals surface area contributed by atoms with Gasteiger partial charge in [0, 0.05) is 12.4 Å². The van der Waals surface area contributed by atoms with Crippen molar-refractivity contribution in [2.75, 3.05) is 0 Å². The van der Waals surface area contributed by atoms with Crippen molar-refractivity contribution in [2.24, 2.45) is 11.5 Å². The van der Waals surface area contributed by atoms with Gasteiger partial charge in [0.25, 0.3) is 11.8 Å². The molecule has 0 saturated carbocycles. The van der Waals surface area contributed by atoms with E-state index in [0.29, 0.717) is 11.4 Å². The SMILES string of the molecule is F.F.NC(=O)c1ccccn1.NC(=O)c1ccccn1. The zero-order valence-corrected chi connectivity index (χ0v) is 10.3. The average molecular weight is 284 g/mol. The lowest BCUT2D eigenvalue weighted by atomic mass is 10.3. The summed E-state index contributed by atoms with van der Waals surface area (Å²) >= 11 is 0. The summed E-state index contributed by atoms with van der Waals surface area (Å²) in [7, 11) is 0. The van der Waals surface area contributed by atoms with Crippen molar-refractivity contribution in [3.63, 3.8) is 0 Å². The van der Waals surface area contributed by atoms with E-state index < -0.39 is 11.8 Å². The predicted octanol–water partition coefficient (Wildman–Crippen LogP) is 0.666. The first-order chi connectivity index (χ1) is 8.61. The highest BCUT2D eigenvalue weighted by Crippen LogP contribution is 1.89. The molecule has 0 unspecified atom stereocenters. The number of hydrogen-bond acceptors (Lipinski definition) is 4. The van der Waals surface area contributed by atoms with E-state index in [2.05, 4.69) is 9.97 Å². The van der Waals surface area contributed by atoms with Crippen LogP contribution in [0.5, 0.6) is 0 Å². The summed E-state index contributed by atoms with van der Waals surface area (Å²) in [6.45, 7) is 0. The Labute approximate surface area is 113 Å². The van der Waals surface area contributed by atoms with Crippen LogP contribution in [0.1, 0.15) is 21.0 Å². The summed E-state index contributed by atoms with van der Waals surface area (Å²) in [5.74, 6) is -0.980. The minimum Gasteiger partial charge on any atom is -0.364 e. The van der Waals surface area contributed by atoms with Crippen LogP contribution in [-0.4, -0.2) is 21.8 Å². The molecule has 8 heteroatoms. The number of nitrogens with two attached hydrogens (primary N) is 2. The first-order valence-corrected chi connectivity index (χ1v) is 5.03. The van der Waals surface area contributed by atoms with Crippen LogP contribution in [0.3, 0.4) is 0 Å². The summed E-state index contributed by atoms with van der Waals surface area (Å²) in [4.78, 5) is 28.1. The van der Waals surface area contributed by atoms with E-state index in [1.807, 2.05) is 0 Å². The Morgan fingerprint density at radius 2 is 1.10 bits per heavy atom. The van der Waals surface area contributed by atoms with Crippen LogP contribution < -0.4 is 11.5 Å². The Bertz CT molecular complexity index is 474. The number of rotatable bonds is 2. The van der Waals surface area contributed by atoms with Gasteiger partial charge in [-0.1, -0.05) is 12.1 Å². The number of halogens is 2. The van der Waals surface area contributed by atoms with E-state index in [4.69, 9.17) is 11.5 Å². The second-order valence-electron chi connectivity index (χ2n) is 3.16. The van der Waals surface area contributed by atoms with E-state index in [0.717, 1.165) is 0 Å². The topological polar surface area (TPSA) is 112 Å². The van der Waals surface area contributed by atoms with E-state index >= 15 is 0 Å². The zero-order valence-electron chi connectivity index (χ0n) is 10.3. The first kappa shape index (κ1) is 19.4. The van der Waals surface area contributed by atoms with Gasteiger partial charge in [0.05, 0.1) is 0 Å². The monoisotopic (exact) mass is 284 g/mol. The number of amides is 2. The van der Waals surface area contributed by atoms with Gasteiger partial charge in [-0.25, -0.2) is 0 Å². The second-order valence-corrected chi connectivity index (χ2v) is 3.16. The molecule has 2 aromatic rings. The molecule has 0 aliphatic heterocycles. The molecule has 2 aromatic heterocycles. The molecule has 0 fully saturated rings. The van der Waals surface area contributed by atoms with Crippen molar-refractivity contribution < 1.29 is 19.0 Å². The molecule has 0 atom stereocenters. The highest BCUT2D eigenvalue weighted by Gasteiger charge is 1.96. The molecule has 108 valence electrons. The first-order valence-electron chi connectivity index (χ1n) is 5.03. The van der Waals surface area contributed by atoms with E-state index in [-0.39, 0.29) is 9.41 Å². The second kappa shape index (κ2) is 10.1. The summed E-state index contributed by atoms with van der Waals surface area (Å²) in [6.07, 6.45) is 3.06. The Morgan fingerprint density at radius 1 is 0.750 bits per heavy atom. The lowest BCUT2D eigenvalue weighted by molar-refractivity contribution is 0.0987. The van der Waals surface area contributed by atoms with Gasteiger partial charge in [0.15, 0.2) is 0 Å². The molecule has 0 aromatic carbocycles. The largest absolute Gasteiger partial charge is 0.364 e. The van der Waals surface area contributed by atoms with Crippen molar-refractivity contribution in [2.45, 2.75) is 0 Å². The lowest BCUT2D eigenvalue weighted by Crippen LogP contribution is -2.12. The third-order valence-corrected chi connectivity index (χ3v) is 1.83. The Kier molecular flexibility index (Phi) is 9.78. The highest BCUT2D eigenvalue weighted by atomic mass is 19.0. The van der Waals surface area contributed by atoms with Gasteiger partial charge < -0.3 is 11.5 Å². The number of hydrogen-bond donors (Lipinski definition) is 2. The molecule has 0 spiro atoms. The fourth-order valence-corrected chi connectivity index (χ4v) is 1.02. The molecule has 6 nitrogen and oxygen atoms in total. The van der Waals surface area contributed by atoms with Crippen LogP contribution in [0.25, 0.3) is 0 Å². The molecule has 4 N–H and O–H groups in total. The van der Waals surface area contributed by atoms with Crippen molar-refractivity contribution in [1.29, 1.82) is 0 Å². The summed E-state index contributed by atoms with van der Waals surface area (Å²) < 4.78 is 0. The minimum atomic E-state index is -0.490. The van der Waals surface area contributed by atoms with Gasteiger partial charge in [-0.3, -0.25) is 29.0 Å². The van der Waals surface area contributed by atoms with Gasteiger partial charge in [0.2, 0.25) is 0 Å². The molecule has 20 heavy (non-hydrogen) atoms. The summed E-state index contributed by atoms with van der Waals surface area (Å²) in [5, 5.41) is 0. The van der Waals surface area contributed by atoms with Crippen LogP contribution in [-0.2, 0) is 0 Å². The van der Waals surface area contributed by atoms with E-state index in [1.165, 1.54) is 12.4 Å². The molecule has 2 heterocycles. The van der Waals surface area contributed by atoms with Crippen molar-refractivity contribution in [3.05, 3.63) is 60.2 Å². The van der Waals surface area contributed by atoms with Crippen LogP contribution in [0.15, 0.2) is 48.8 Å². The maximum Gasteiger partial charge on any atom is 0.267 e. The number of carbonyl (C=O) groups excluding carboxylic acids is 2. The average Bonchev–Trinajstić information content (AvgIpc) is 2.41. The minimum absolute atomic E-state index is 0. The number of primary amides is 2. The summed E-state index contributed by atoms with van der Waals surface area (Å²) in [5.41, 5.74) is 10.4. The normalized spacial score (nSPS) is 8.00. The standard InChI is InChI=1S/2C6H6N2O.2FH/c2*7-6(9)5-3-1-2-4-8-5;;/h2*1-4H,(H2,7,9);2*1H. The van der Waals surface area contributed by atoms with Crippen LogP contribution in [0, 0.1) is 0 Å². The van der Waals surface area contributed by atoms with Crippen LogP contribution in [0.2, 0.25) is 0 Å². The number of aromatic nitrogens is 2. The van der Waals surface area contributed by atoms with Gasteiger partial charge in [-0.05, 0) is 24.3 Å². The predicted molar refractivity (Wildman–Crippen MR) is 70.5 cm³/mol. The van der Waals surface area contributed by atoms with E-state index in [9.17, 15) is 9.59 Å². The molecular formula is C12H14F2N4O2. The molecule has 0 aliphatic rings. The number of nitrogens with zero attached hydrogens (tertiary/aromatic N) is 2.